The van der Waals surface area contributed by atoms with Crippen molar-refractivity contribution in [1.82, 2.24) is 19.7 Å². The highest BCUT2D eigenvalue weighted by Gasteiger charge is 2.21. The molecule has 0 unspecified atom stereocenters. The first kappa shape index (κ1) is 13.7. The molecule has 106 valence electrons. The minimum absolute atomic E-state index is 0.118. The van der Waals surface area contributed by atoms with E-state index in [0.29, 0.717) is 18.2 Å². The van der Waals surface area contributed by atoms with Crippen LogP contribution in [0.5, 0.6) is 0 Å². The van der Waals surface area contributed by atoms with Crippen LogP contribution in [0.4, 0.5) is 17.5 Å². The summed E-state index contributed by atoms with van der Waals surface area (Å²) in [7, 11) is 3.46. The van der Waals surface area contributed by atoms with Gasteiger partial charge in [0.25, 0.3) is 0 Å². The molecule has 20 heavy (non-hydrogen) atoms. The number of nitrogens with zero attached hydrogens (tertiary/aromatic N) is 5. The topological polar surface area (TPSA) is 111 Å². The van der Waals surface area contributed by atoms with Crippen LogP contribution in [-0.4, -0.2) is 31.7 Å². The molecule has 0 aliphatic heterocycles. The molecule has 0 amide bonds. The first-order chi connectivity index (χ1) is 9.51. The third-order valence-electron chi connectivity index (χ3n) is 2.68. The Morgan fingerprint density at radius 2 is 2.20 bits per heavy atom. The number of anilines is 2. The van der Waals surface area contributed by atoms with Gasteiger partial charge in [0.2, 0.25) is 11.8 Å². The average Bonchev–Trinajstić information content (AvgIpc) is 2.81. The summed E-state index contributed by atoms with van der Waals surface area (Å²) in [5.74, 6) is 0.525. The lowest BCUT2D eigenvalue weighted by Gasteiger charge is -2.08. The van der Waals surface area contributed by atoms with E-state index in [0.717, 1.165) is 5.56 Å². The number of nitrogens with one attached hydrogen (secondary N) is 2. The van der Waals surface area contributed by atoms with Crippen molar-refractivity contribution in [2.75, 3.05) is 17.7 Å². The number of hydrogen-bond acceptors (Lipinski definition) is 7. The third-order valence-corrected chi connectivity index (χ3v) is 2.68. The maximum absolute atomic E-state index is 11.1. The second kappa shape index (κ2) is 5.51. The van der Waals surface area contributed by atoms with Crippen LogP contribution in [0.25, 0.3) is 0 Å². The van der Waals surface area contributed by atoms with Gasteiger partial charge in [-0.25, -0.2) is 4.98 Å². The quantitative estimate of drug-likeness (QED) is 0.621. The number of rotatable bonds is 5. The zero-order valence-electron chi connectivity index (χ0n) is 11.4. The Kier molecular flexibility index (Phi) is 3.78. The lowest BCUT2D eigenvalue weighted by molar-refractivity contribution is -0.385. The molecule has 0 saturated heterocycles. The summed E-state index contributed by atoms with van der Waals surface area (Å²) in [6.45, 7) is 1.98. The van der Waals surface area contributed by atoms with Crippen molar-refractivity contribution in [2.24, 2.45) is 7.05 Å². The number of aryl methyl sites for hydroxylation is 2. The van der Waals surface area contributed by atoms with E-state index in [4.69, 9.17) is 0 Å². The molecular weight excluding hydrogens is 262 g/mol. The maximum Gasteiger partial charge on any atom is 0.332 e. The van der Waals surface area contributed by atoms with Gasteiger partial charge in [0.15, 0.2) is 0 Å². The lowest BCUT2D eigenvalue weighted by Crippen LogP contribution is -2.09. The van der Waals surface area contributed by atoms with Crippen molar-refractivity contribution < 1.29 is 4.92 Å². The fourth-order valence-electron chi connectivity index (χ4n) is 1.77. The van der Waals surface area contributed by atoms with E-state index in [1.165, 1.54) is 0 Å². The van der Waals surface area contributed by atoms with Gasteiger partial charge in [-0.3, -0.25) is 14.8 Å². The Morgan fingerprint density at radius 1 is 1.45 bits per heavy atom. The number of hydrogen-bond donors (Lipinski definition) is 2. The molecule has 0 aliphatic rings. The molecule has 0 radical (unpaired) electrons. The molecular formula is C11H15N7O2. The third kappa shape index (κ3) is 2.82. The second-order valence-electron chi connectivity index (χ2n) is 4.21. The molecule has 2 aromatic heterocycles. The van der Waals surface area contributed by atoms with Gasteiger partial charge >= 0.3 is 5.69 Å². The summed E-state index contributed by atoms with van der Waals surface area (Å²) < 4.78 is 1.66. The molecule has 2 rings (SSSR count). The minimum atomic E-state index is -0.486. The second-order valence-corrected chi connectivity index (χ2v) is 4.21. The molecule has 0 aromatic carbocycles. The molecule has 0 atom stereocenters. The Balaban J connectivity index is 2.28. The predicted octanol–water partition coefficient (Wildman–Crippen LogP) is 1.08. The van der Waals surface area contributed by atoms with E-state index >= 15 is 0 Å². The standard InChI is InChI=1S/C11H15N7O2/c1-7-9(18(19)20)10(16-11(12-2)15-7)13-4-8-5-14-17(3)6-8/h5-6H,4H2,1-3H3,(H2,12,13,15,16). The lowest BCUT2D eigenvalue weighted by atomic mass is 10.3. The summed E-state index contributed by atoms with van der Waals surface area (Å²) in [4.78, 5) is 18.7. The molecule has 0 saturated carbocycles. The summed E-state index contributed by atoms with van der Waals surface area (Å²) >= 11 is 0. The summed E-state index contributed by atoms with van der Waals surface area (Å²) in [6, 6.07) is 0. The van der Waals surface area contributed by atoms with E-state index in [1.807, 2.05) is 6.20 Å². The highest BCUT2D eigenvalue weighted by molar-refractivity contribution is 5.60. The van der Waals surface area contributed by atoms with E-state index in [-0.39, 0.29) is 11.5 Å². The van der Waals surface area contributed by atoms with Gasteiger partial charge in [-0.15, -0.1) is 0 Å². The van der Waals surface area contributed by atoms with Crippen molar-refractivity contribution >= 4 is 17.5 Å². The zero-order valence-corrected chi connectivity index (χ0v) is 11.4. The normalized spacial score (nSPS) is 10.3. The number of nitro groups is 1. The molecule has 0 aliphatic carbocycles. The summed E-state index contributed by atoms with van der Waals surface area (Å²) in [5, 5.41) is 20.9. The van der Waals surface area contributed by atoms with Crippen LogP contribution < -0.4 is 10.6 Å². The van der Waals surface area contributed by atoms with E-state index in [1.54, 1.807) is 31.9 Å². The van der Waals surface area contributed by atoms with Crippen LogP contribution in [0.1, 0.15) is 11.3 Å². The Labute approximate surface area is 115 Å². The molecule has 0 fully saturated rings. The van der Waals surface area contributed by atoms with Gasteiger partial charge in [0.1, 0.15) is 5.69 Å². The Morgan fingerprint density at radius 3 is 2.75 bits per heavy atom. The molecule has 0 bridgehead atoms. The predicted molar refractivity (Wildman–Crippen MR) is 73.5 cm³/mol. The van der Waals surface area contributed by atoms with Crippen molar-refractivity contribution in [3.05, 3.63) is 33.8 Å². The van der Waals surface area contributed by atoms with E-state index in [2.05, 4.69) is 25.7 Å². The van der Waals surface area contributed by atoms with Crippen molar-refractivity contribution in [1.29, 1.82) is 0 Å². The molecule has 9 nitrogen and oxygen atoms in total. The zero-order chi connectivity index (χ0) is 14.7. The highest BCUT2D eigenvalue weighted by atomic mass is 16.6. The van der Waals surface area contributed by atoms with Gasteiger partial charge in [-0.1, -0.05) is 0 Å². The van der Waals surface area contributed by atoms with E-state index < -0.39 is 4.92 Å². The smallest absolute Gasteiger partial charge is 0.332 e. The average molecular weight is 277 g/mol. The monoisotopic (exact) mass is 277 g/mol. The minimum Gasteiger partial charge on any atom is -0.360 e. The molecule has 2 N–H and O–H groups in total. The summed E-state index contributed by atoms with van der Waals surface area (Å²) in [5.41, 5.74) is 1.10. The maximum atomic E-state index is 11.1. The van der Waals surface area contributed by atoms with Crippen molar-refractivity contribution in [3.63, 3.8) is 0 Å². The largest absolute Gasteiger partial charge is 0.360 e. The fraction of sp³-hybridized carbons (Fsp3) is 0.364. The highest BCUT2D eigenvalue weighted by Crippen LogP contribution is 2.26. The SMILES string of the molecule is CNc1nc(C)c([N+](=O)[O-])c(NCc2cnn(C)c2)n1. The van der Waals surface area contributed by atoms with Gasteiger partial charge in [0.05, 0.1) is 11.1 Å². The first-order valence-electron chi connectivity index (χ1n) is 5.93. The van der Waals surface area contributed by atoms with Gasteiger partial charge in [-0.05, 0) is 6.92 Å². The first-order valence-corrected chi connectivity index (χ1v) is 5.93. The van der Waals surface area contributed by atoms with Crippen LogP contribution in [0.2, 0.25) is 0 Å². The van der Waals surface area contributed by atoms with Gasteiger partial charge in [-0.2, -0.15) is 10.1 Å². The number of aromatic nitrogens is 4. The van der Waals surface area contributed by atoms with Gasteiger partial charge in [0, 0.05) is 32.4 Å². The molecule has 2 heterocycles. The van der Waals surface area contributed by atoms with Crippen LogP contribution in [0.15, 0.2) is 12.4 Å². The summed E-state index contributed by atoms with van der Waals surface area (Å²) in [6.07, 6.45) is 3.51. The Hall–Kier alpha value is -2.71. The van der Waals surface area contributed by atoms with Crippen LogP contribution in [0, 0.1) is 17.0 Å². The molecule has 0 spiro atoms. The van der Waals surface area contributed by atoms with Crippen molar-refractivity contribution in [3.8, 4) is 0 Å². The fourth-order valence-corrected chi connectivity index (χ4v) is 1.77. The van der Waals surface area contributed by atoms with Gasteiger partial charge < -0.3 is 10.6 Å². The van der Waals surface area contributed by atoms with Crippen molar-refractivity contribution in [2.45, 2.75) is 13.5 Å². The Bertz CT molecular complexity index is 638. The molecule has 9 heteroatoms. The van der Waals surface area contributed by atoms with Crippen LogP contribution in [0.3, 0.4) is 0 Å². The van der Waals surface area contributed by atoms with Crippen LogP contribution >= 0.6 is 0 Å². The van der Waals surface area contributed by atoms with E-state index in [9.17, 15) is 10.1 Å². The van der Waals surface area contributed by atoms with Crippen LogP contribution in [-0.2, 0) is 13.6 Å². The molecule has 2 aromatic rings.